The first kappa shape index (κ1) is 13.2. The maximum absolute atomic E-state index is 4.33. The molecule has 1 aromatic rings. The molecule has 16 heavy (non-hydrogen) atoms. The fraction of sp³-hybridized carbons (Fsp3) is 0.769. The Morgan fingerprint density at radius 2 is 2.12 bits per heavy atom. The van der Waals surface area contributed by atoms with E-state index in [2.05, 4.69) is 30.3 Å². The molecule has 0 saturated carbocycles. The third kappa shape index (κ3) is 4.79. The second kappa shape index (κ2) is 6.69. The molecule has 0 fully saturated rings. The lowest BCUT2D eigenvalue weighted by Gasteiger charge is -2.06. The Kier molecular flexibility index (Phi) is 5.53. The van der Waals surface area contributed by atoms with Gasteiger partial charge in [0.2, 0.25) is 0 Å². The van der Waals surface area contributed by atoms with Crippen LogP contribution in [0.4, 0.5) is 0 Å². The lowest BCUT2D eigenvalue weighted by molar-refractivity contribution is 0.516. The number of aromatic nitrogens is 2. The van der Waals surface area contributed by atoms with Gasteiger partial charge in [-0.2, -0.15) is 5.10 Å². The van der Waals surface area contributed by atoms with Gasteiger partial charge in [-0.25, -0.2) is 0 Å². The summed E-state index contributed by atoms with van der Waals surface area (Å²) >= 11 is 0. The van der Waals surface area contributed by atoms with E-state index in [9.17, 15) is 0 Å². The molecule has 0 aromatic carbocycles. The number of unbranched alkanes of at least 4 members (excludes halogenated alkanes) is 1. The largest absolute Gasteiger partial charge is 0.311 e. The molecule has 0 aliphatic heterocycles. The highest BCUT2D eigenvalue weighted by Crippen LogP contribution is 2.05. The summed E-state index contributed by atoms with van der Waals surface area (Å²) in [6.45, 7) is 8.64. The van der Waals surface area contributed by atoms with Crippen molar-refractivity contribution in [3.8, 4) is 0 Å². The Bertz CT molecular complexity index is 302. The van der Waals surface area contributed by atoms with Crippen molar-refractivity contribution in [2.75, 3.05) is 6.54 Å². The molecule has 0 amide bonds. The predicted molar refractivity (Wildman–Crippen MR) is 68.3 cm³/mol. The zero-order valence-corrected chi connectivity index (χ0v) is 11.1. The van der Waals surface area contributed by atoms with Gasteiger partial charge in [-0.1, -0.05) is 26.7 Å². The summed E-state index contributed by atoms with van der Waals surface area (Å²) in [4.78, 5) is 0. The molecule has 92 valence electrons. The standard InChI is InChI=1S/C13H25N3/c1-11(2)7-5-6-8-14-10-13-9-12(3)15-16(13)4/h9,11,14H,5-8,10H2,1-4H3. The molecular formula is C13H25N3. The van der Waals surface area contributed by atoms with Gasteiger partial charge < -0.3 is 5.32 Å². The molecule has 0 aliphatic carbocycles. The van der Waals surface area contributed by atoms with Gasteiger partial charge in [-0.3, -0.25) is 4.68 Å². The minimum absolute atomic E-state index is 0.833. The Labute approximate surface area is 99.2 Å². The van der Waals surface area contributed by atoms with Crippen LogP contribution in [0.25, 0.3) is 0 Å². The molecule has 3 heteroatoms. The molecule has 0 unspecified atom stereocenters. The molecule has 1 heterocycles. The number of rotatable bonds is 7. The molecule has 1 aromatic heterocycles. The first-order valence-corrected chi connectivity index (χ1v) is 6.30. The lowest BCUT2D eigenvalue weighted by atomic mass is 10.1. The van der Waals surface area contributed by atoms with Crippen LogP contribution in [-0.4, -0.2) is 16.3 Å². The summed E-state index contributed by atoms with van der Waals surface area (Å²) in [6, 6.07) is 2.14. The molecule has 1 rings (SSSR count). The van der Waals surface area contributed by atoms with E-state index in [-0.39, 0.29) is 0 Å². The van der Waals surface area contributed by atoms with Crippen LogP contribution in [0.1, 0.15) is 44.5 Å². The summed E-state index contributed by atoms with van der Waals surface area (Å²) in [5, 5.41) is 7.79. The zero-order chi connectivity index (χ0) is 12.0. The van der Waals surface area contributed by atoms with Crippen LogP contribution in [0.2, 0.25) is 0 Å². The fourth-order valence-corrected chi connectivity index (χ4v) is 1.85. The van der Waals surface area contributed by atoms with Crippen molar-refractivity contribution >= 4 is 0 Å². The Morgan fingerprint density at radius 3 is 2.69 bits per heavy atom. The quantitative estimate of drug-likeness (QED) is 0.720. The second-order valence-electron chi connectivity index (χ2n) is 4.97. The van der Waals surface area contributed by atoms with Crippen LogP contribution >= 0.6 is 0 Å². The molecule has 0 spiro atoms. The minimum atomic E-state index is 0.833. The smallest absolute Gasteiger partial charge is 0.0597 e. The van der Waals surface area contributed by atoms with Gasteiger partial charge in [0, 0.05) is 13.6 Å². The van der Waals surface area contributed by atoms with Crippen LogP contribution in [0.5, 0.6) is 0 Å². The highest BCUT2D eigenvalue weighted by molar-refractivity contribution is 5.08. The van der Waals surface area contributed by atoms with Crippen molar-refractivity contribution in [1.29, 1.82) is 0 Å². The average Bonchev–Trinajstić information content (AvgIpc) is 2.50. The van der Waals surface area contributed by atoms with Crippen LogP contribution in [0, 0.1) is 12.8 Å². The number of aryl methyl sites for hydroxylation is 2. The van der Waals surface area contributed by atoms with E-state index >= 15 is 0 Å². The van der Waals surface area contributed by atoms with Crippen LogP contribution in [0.15, 0.2) is 6.07 Å². The second-order valence-corrected chi connectivity index (χ2v) is 4.97. The third-order valence-electron chi connectivity index (χ3n) is 2.79. The van der Waals surface area contributed by atoms with E-state index in [0.29, 0.717) is 0 Å². The van der Waals surface area contributed by atoms with Gasteiger partial charge in [-0.15, -0.1) is 0 Å². The maximum Gasteiger partial charge on any atom is 0.0597 e. The van der Waals surface area contributed by atoms with Gasteiger partial charge in [0.1, 0.15) is 0 Å². The Hall–Kier alpha value is -0.830. The summed E-state index contributed by atoms with van der Waals surface area (Å²) in [6.07, 6.45) is 3.94. The van der Waals surface area contributed by atoms with E-state index in [1.54, 1.807) is 0 Å². The monoisotopic (exact) mass is 223 g/mol. The van der Waals surface area contributed by atoms with Crippen LogP contribution < -0.4 is 5.32 Å². The van der Waals surface area contributed by atoms with Crippen molar-refractivity contribution in [3.63, 3.8) is 0 Å². The first-order chi connectivity index (χ1) is 7.59. The highest BCUT2D eigenvalue weighted by atomic mass is 15.3. The lowest BCUT2D eigenvalue weighted by Crippen LogP contribution is -2.17. The summed E-state index contributed by atoms with van der Waals surface area (Å²) in [5.41, 5.74) is 2.36. The molecule has 0 aliphatic rings. The average molecular weight is 223 g/mol. The van der Waals surface area contributed by atoms with E-state index in [4.69, 9.17) is 0 Å². The SMILES string of the molecule is Cc1cc(CNCCCCC(C)C)n(C)n1. The van der Waals surface area contributed by atoms with Gasteiger partial charge in [0.05, 0.1) is 11.4 Å². The minimum Gasteiger partial charge on any atom is -0.311 e. The number of hydrogen-bond donors (Lipinski definition) is 1. The molecule has 0 atom stereocenters. The van der Waals surface area contributed by atoms with E-state index in [1.807, 2.05) is 18.7 Å². The van der Waals surface area contributed by atoms with Crippen molar-refractivity contribution in [3.05, 3.63) is 17.5 Å². The van der Waals surface area contributed by atoms with E-state index < -0.39 is 0 Å². The zero-order valence-electron chi connectivity index (χ0n) is 11.1. The van der Waals surface area contributed by atoms with Crippen LogP contribution in [-0.2, 0) is 13.6 Å². The van der Waals surface area contributed by atoms with Gasteiger partial charge in [0.25, 0.3) is 0 Å². The summed E-state index contributed by atoms with van der Waals surface area (Å²) < 4.78 is 1.95. The molecular weight excluding hydrogens is 198 g/mol. The summed E-state index contributed by atoms with van der Waals surface area (Å²) in [5.74, 6) is 0.833. The van der Waals surface area contributed by atoms with Crippen LogP contribution in [0.3, 0.4) is 0 Å². The van der Waals surface area contributed by atoms with Crippen molar-refractivity contribution in [2.45, 2.75) is 46.6 Å². The van der Waals surface area contributed by atoms with Gasteiger partial charge in [0.15, 0.2) is 0 Å². The third-order valence-corrected chi connectivity index (χ3v) is 2.79. The maximum atomic E-state index is 4.33. The normalized spacial score (nSPS) is 11.3. The number of nitrogens with zero attached hydrogens (tertiary/aromatic N) is 2. The topological polar surface area (TPSA) is 29.9 Å². The number of nitrogens with one attached hydrogen (secondary N) is 1. The highest BCUT2D eigenvalue weighted by Gasteiger charge is 2.00. The molecule has 0 bridgehead atoms. The van der Waals surface area contributed by atoms with E-state index in [0.717, 1.165) is 24.7 Å². The van der Waals surface area contributed by atoms with Gasteiger partial charge in [-0.05, 0) is 31.9 Å². The van der Waals surface area contributed by atoms with Crippen molar-refractivity contribution in [2.24, 2.45) is 13.0 Å². The van der Waals surface area contributed by atoms with Gasteiger partial charge >= 0.3 is 0 Å². The number of hydrogen-bond acceptors (Lipinski definition) is 2. The molecule has 3 nitrogen and oxygen atoms in total. The molecule has 1 N–H and O–H groups in total. The predicted octanol–water partition coefficient (Wildman–Crippen LogP) is 2.64. The molecule has 0 radical (unpaired) electrons. The fourth-order valence-electron chi connectivity index (χ4n) is 1.85. The Morgan fingerprint density at radius 1 is 1.38 bits per heavy atom. The van der Waals surface area contributed by atoms with Crippen molar-refractivity contribution in [1.82, 2.24) is 15.1 Å². The Balaban J connectivity index is 2.09. The first-order valence-electron chi connectivity index (χ1n) is 6.30. The summed E-state index contributed by atoms with van der Waals surface area (Å²) in [7, 11) is 2.00. The van der Waals surface area contributed by atoms with Crippen molar-refractivity contribution < 1.29 is 0 Å². The van der Waals surface area contributed by atoms with E-state index in [1.165, 1.54) is 25.0 Å². The molecule has 0 saturated heterocycles.